The third kappa shape index (κ3) is 3.80. The number of esters is 1. The van der Waals surface area contributed by atoms with Crippen molar-refractivity contribution in [2.24, 2.45) is 5.92 Å². The maximum Gasteiger partial charge on any atom is 0.316 e. The number of carbonyl (C=O) groups excluding carboxylic acids is 2. The molecule has 0 aliphatic heterocycles. The highest BCUT2D eigenvalue weighted by atomic mass is 35.5. The molecule has 0 N–H and O–H groups in total. The molecule has 0 bridgehead atoms. The van der Waals surface area contributed by atoms with Gasteiger partial charge in [0.2, 0.25) is 0 Å². The van der Waals surface area contributed by atoms with E-state index in [1.54, 1.807) is 19.1 Å². The van der Waals surface area contributed by atoms with Gasteiger partial charge in [-0.1, -0.05) is 24.6 Å². The van der Waals surface area contributed by atoms with Gasteiger partial charge in [0.1, 0.15) is 11.7 Å². The molecule has 0 amide bonds. The number of carbonyl (C=O) groups is 2. The molecule has 5 heteroatoms. The Balaban J connectivity index is 3.00. The van der Waals surface area contributed by atoms with Crippen LogP contribution < -0.4 is 0 Å². The third-order valence-electron chi connectivity index (χ3n) is 2.83. The SMILES string of the molecule is CCC(=O)C(Cc1ccc(C#N)cc1Cl)C(=O)OC. The van der Waals surface area contributed by atoms with Gasteiger partial charge in [0.25, 0.3) is 0 Å². The largest absolute Gasteiger partial charge is 0.468 e. The normalized spacial score (nSPS) is 11.5. The first-order valence-electron chi connectivity index (χ1n) is 5.82. The molecule has 0 spiro atoms. The first kappa shape index (κ1) is 15.2. The van der Waals surface area contributed by atoms with Crippen LogP contribution in [-0.2, 0) is 20.7 Å². The zero-order valence-corrected chi connectivity index (χ0v) is 11.5. The summed E-state index contributed by atoms with van der Waals surface area (Å²) in [7, 11) is 1.25. The minimum atomic E-state index is -0.847. The molecular weight excluding hydrogens is 266 g/mol. The quantitative estimate of drug-likeness (QED) is 0.613. The van der Waals surface area contributed by atoms with E-state index in [1.165, 1.54) is 13.2 Å². The van der Waals surface area contributed by atoms with Crippen LogP contribution in [0.2, 0.25) is 5.02 Å². The van der Waals surface area contributed by atoms with Gasteiger partial charge in [0.15, 0.2) is 0 Å². The van der Waals surface area contributed by atoms with Gasteiger partial charge < -0.3 is 4.74 Å². The molecule has 0 fully saturated rings. The van der Waals surface area contributed by atoms with Gasteiger partial charge in [0, 0.05) is 11.4 Å². The topological polar surface area (TPSA) is 67.2 Å². The van der Waals surface area contributed by atoms with E-state index in [2.05, 4.69) is 4.74 Å². The van der Waals surface area contributed by atoms with E-state index in [1.807, 2.05) is 6.07 Å². The number of hydrogen-bond acceptors (Lipinski definition) is 4. The molecule has 1 rings (SSSR count). The average Bonchev–Trinajstić information content (AvgIpc) is 2.44. The Morgan fingerprint density at radius 3 is 2.63 bits per heavy atom. The van der Waals surface area contributed by atoms with Crippen LogP contribution in [0, 0.1) is 17.2 Å². The molecule has 0 aliphatic carbocycles. The summed E-state index contributed by atoms with van der Waals surface area (Å²) in [4.78, 5) is 23.4. The lowest BCUT2D eigenvalue weighted by Gasteiger charge is -2.13. The summed E-state index contributed by atoms with van der Waals surface area (Å²) < 4.78 is 4.64. The van der Waals surface area contributed by atoms with Crippen molar-refractivity contribution in [3.63, 3.8) is 0 Å². The number of nitriles is 1. The Bertz CT molecular complexity index is 518. The highest BCUT2D eigenvalue weighted by molar-refractivity contribution is 6.31. The minimum Gasteiger partial charge on any atom is -0.468 e. The lowest BCUT2D eigenvalue weighted by atomic mass is 9.93. The fourth-order valence-corrected chi connectivity index (χ4v) is 1.98. The van der Waals surface area contributed by atoms with Crippen LogP contribution in [0.3, 0.4) is 0 Å². The fraction of sp³-hybridized carbons (Fsp3) is 0.357. The number of nitrogens with zero attached hydrogens (tertiary/aromatic N) is 1. The lowest BCUT2D eigenvalue weighted by molar-refractivity contribution is -0.149. The molecule has 0 saturated carbocycles. The van der Waals surface area contributed by atoms with E-state index >= 15 is 0 Å². The van der Waals surface area contributed by atoms with Gasteiger partial charge in [-0.25, -0.2) is 0 Å². The first-order chi connectivity index (χ1) is 9.03. The maximum atomic E-state index is 11.8. The maximum absolute atomic E-state index is 11.8. The number of halogens is 1. The van der Waals surface area contributed by atoms with E-state index in [0.717, 1.165) is 0 Å². The molecule has 0 heterocycles. The predicted octanol–water partition coefficient (Wildman–Crippen LogP) is 2.52. The smallest absolute Gasteiger partial charge is 0.316 e. The van der Waals surface area contributed by atoms with E-state index in [0.29, 0.717) is 16.1 Å². The van der Waals surface area contributed by atoms with Crippen molar-refractivity contribution in [2.45, 2.75) is 19.8 Å². The van der Waals surface area contributed by atoms with Crippen LogP contribution in [0.1, 0.15) is 24.5 Å². The highest BCUT2D eigenvalue weighted by Gasteiger charge is 2.27. The molecule has 4 nitrogen and oxygen atoms in total. The number of hydrogen-bond donors (Lipinski definition) is 0. The summed E-state index contributed by atoms with van der Waals surface area (Å²) in [6, 6.07) is 6.74. The monoisotopic (exact) mass is 279 g/mol. The van der Waals surface area contributed by atoms with Crippen LogP contribution in [0.25, 0.3) is 0 Å². The van der Waals surface area contributed by atoms with Crippen LogP contribution in [0.5, 0.6) is 0 Å². The van der Waals surface area contributed by atoms with Crippen LogP contribution in [-0.4, -0.2) is 18.9 Å². The molecule has 100 valence electrons. The summed E-state index contributed by atoms with van der Waals surface area (Å²) in [6.07, 6.45) is 0.442. The fourth-order valence-electron chi connectivity index (χ4n) is 1.72. The zero-order valence-electron chi connectivity index (χ0n) is 10.8. The zero-order chi connectivity index (χ0) is 14.4. The van der Waals surface area contributed by atoms with Crippen molar-refractivity contribution >= 4 is 23.4 Å². The number of ether oxygens (including phenoxy) is 1. The lowest BCUT2D eigenvalue weighted by Crippen LogP contribution is -2.27. The molecule has 1 aromatic rings. The second-order valence-corrected chi connectivity index (χ2v) is 4.42. The average molecular weight is 280 g/mol. The minimum absolute atomic E-state index is 0.184. The van der Waals surface area contributed by atoms with Gasteiger partial charge in [-0.3, -0.25) is 9.59 Å². The second kappa shape index (κ2) is 6.91. The highest BCUT2D eigenvalue weighted by Crippen LogP contribution is 2.22. The number of ketones is 1. The molecular formula is C14H14ClNO3. The Labute approximate surface area is 116 Å². The molecule has 19 heavy (non-hydrogen) atoms. The Kier molecular flexibility index (Phi) is 5.53. The van der Waals surface area contributed by atoms with Crippen molar-refractivity contribution in [3.05, 3.63) is 34.3 Å². The summed E-state index contributed by atoms with van der Waals surface area (Å²) in [5.74, 6) is -1.60. The molecule has 0 aliphatic rings. The molecule has 0 saturated heterocycles. The standard InChI is InChI=1S/C14H14ClNO3/c1-3-13(17)11(14(18)19-2)7-10-5-4-9(8-16)6-12(10)15/h4-6,11H,3,7H2,1-2H3. The van der Waals surface area contributed by atoms with Crippen molar-refractivity contribution in [1.29, 1.82) is 5.26 Å². The van der Waals surface area contributed by atoms with Gasteiger partial charge in [-0.15, -0.1) is 0 Å². The number of benzene rings is 1. The van der Waals surface area contributed by atoms with Crippen LogP contribution in [0.15, 0.2) is 18.2 Å². The van der Waals surface area contributed by atoms with E-state index < -0.39 is 11.9 Å². The molecule has 1 aromatic carbocycles. The van der Waals surface area contributed by atoms with E-state index in [9.17, 15) is 9.59 Å². The van der Waals surface area contributed by atoms with Crippen molar-refractivity contribution in [2.75, 3.05) is 7.11 Å². The van der Waals surface area contributed by atoms with E-state index in [4.69, 9.17) is 16.9 Å². The first-order valence-corrected chi connectivity index (χ1v) is 6.20. The predicted molar refractivity (Wildman–Crippen MR) is 70.7 cm³/mol. The van der Waals surface area contributed by atoms with Gasteiger partial charge >= 0.3 is 5.97 Å². The second-order valence-electron chi connectivity index (χ2n) is 4.02. The molecule has 1 atom stereocenters. The number of methoxy groups -OCH3 is 1. The number of rotatable bonds is 5. The van der Waals surface area contributed by atoms with Crippen LogP contribution >= 0.6 is 11.6 Å². The van der Waals surface area contributed by atoms with Crippen LogP contribution in [0.4, 0.5) is 0 Å². The summed E-state index contributed by atoms with van der Waals surface area (Å²) >= 11 is 6.03. The summed E-state index contributed by atoms with van der Waals surface area (Å²) in [6.45, 7) is 1.69. The molecule has 0 radical (unpaired) electrons. The third-order valence-corrected chi connectivity index (χ3v) is 3.18. The Morgan fingerprint density at radius 1 is 1.47 bits per heavy atom. The molecule has 0 aromatic heterocycles. The number of Topliss-reactive ketones (excluding diaryl/α,β-unsaturated/α-hetero) is 1. The Hall–Kier alpha value is -1.86. The van der Waals surface area contributed by atoms with Gasteiger partial charge in [-0.2, -0.15) is 5.26 Å². The molecule has 1 unspecified atom stereocenters. The van der Waals surface area contributed by atoms with Gasteiger partial charge in [-0.05, 0) is 24.1 Å². The van der Waals surface area contributed by atoms with Crippen molar-refractivity contribution in [1.82, 2.24) is 0 Å². The van der Waals surface area contributed by atoms with E-state index in [-0.39, 0.29) is 18.6 Å². The van der Waals surface area contributed by atoms with Crippen molar-refractivity contribution in [3.8, 4) is 6.07 Å². The Morgan fingerprint density at radius 2 is 2.16 bits per heavy atom. The summed E-state index contributed by atoms with van der Waals surface area (Å²) in [5.41, 5.74) is 1.09. The van der Waals surface area contributed by atoms with Crippen molar-refractivity contribution < 1.29 is 14.3 Å². The summed E-state index contributed by atoms with van der Waals surface area (Å²) in [5, 5.41) is 9.12. The van der Waals surface area contributed by atoms with Gasteiger partial charge in [0.05, 0.1) is 18.7 Å².